The predicted molar refractivity (Wildman–Crippen MR) is 60.7 cm³/mol. The first-order chi connectivity index (χ1) is 7.42. The fraction of sp³-hybridized carbons (Fsp3) is 0.909. The van der Waals surface area contributed by atoms with Gasteiger partial charge in [0, 0.05) is 11.0 Å². The zero-order valence-corrected chi connectivity index (χ0v) is 10.1. The van der Waals surface area contributed by atoms with Gasteiger partial charge >= 0.3 is 5.97 Å². The first kappa shape index (κ1) is 12.8. The highest BCUT2D eigenvalue weighted by molar-refractivity contribution is 5.73. The number of ether oxygens (including phenoxy) is 1. The van der Waals surface area contributed by atoms with Crippen LogP contribution in [0.4, 0.5) is 0 Å². The van der Waals surface area contributed by atoms with E-state index >= 15 is 0 Å². The summed E-state index contributed by atoms with van der Waals surface area (Å²) in [5.41, 5.74) is 7.90. The maximum absolute atomic E-state index is 11.8. The molecular formula is C11H19N3O2. The largest absolute Gasteiger partial charge is 0.460 e. The summed E-state index contributed by atoms with van der Waals surface area (Å²) in [6.45, 7) is 5.61. The quantitative estimate of drug-likeness (QED) is 0.313. The summed E-state index contributed by atoms with van der Waals surface area (Å²) in [4.78, 5) is 14.6. The Morgan fingerprint density at radius 1 is 1.31 bits per heavy atom. The van der Waals surface area contributed by atoms with Crippen molar-refractivity contribution in [2.24, 2.45) is 11.0 Å². The van der Waals surface area contributed by atoms with Gasteiger partial charge in [-0.2, -0.15) is 0 Å². The highest BCUT2D eigenvalue weighted by Gasteiger charge is 2.29. The van der Waals surface area contributed by atoms with Crippen LogP contribution in [0.2, 0.25) is 0 Å². The van der Waals surface area contributed by atoms with Gasteiger partial charge in [-0.3, -0.25) is 4.79 Å². The third-order valence-electron chi connectivity index (χ3n) is 2.65. The van der Waals surface area contributed by atoms with Crippen LogP contribution in [-0.2, 0) is 9.53 Å². The molecule has 0 N–H and O–H groups in total. The lowest BCUT2D eigenvalue weighted by molar-refractivity contribution is -0.161. The fourth-order valence-electron chi connectivity index (χ4n) is 1.89. The van der Waals surface area contributed by atoms with Gasteiger partial charge in [-0.05, 0) is 52.0 Å². The molecule has 0 bridgehead atoms. The van der Waals surface area contributed by atoms with Gasteiger partial charge in [-0.1, -0.05) is 5.11 Å². The van der Waals surface area contributed by atoms with Crippen LogP contribution >= 0.6 is 0 Å². The second kappa shape index (κ2) is 5.21. The molecule has 0 amide bonds. The summed E-state index contributed by atoms with van der Waals surface area (Å²) in [5.74, 6) is -0.142. The minimum atomic E-state index is -0.418. The lowest BCUT2D eigenvalue weighted by atomic mass is 9.86. The average molecular weight is 225 g/mol. The molecule has 5 nitrogen and oxygen atoms in total. The molecule has 0 heterocycles. The molecule has 1 fully saturated rings. The number of carbonyl (C=O) groups excluding carboxylic acids is 1. The number of carbonyl (C=O) groups is 1. The summed E-state index contributed by atoms with van der Waals surface area (Å²) in [6, 6.07) is 0.0590. The smallest absolute Gasteiger partial charge is 0.309 e. The summed E-state index contributed by atoms with van der Waals surface area (Å²) in [6.07, 6.45) is 3.10. The normalized spacial score (nSPS) is 25.7. The Kier molecular flexibility index (Phi) is 4.19. The molecule has 1 rings (SSSR count). The van der Waals surface area contributed by atoms with Crippen molar-refractivity contribution < 1.29 is 9.53 Å². The van der Waals surface area contributed by atoms with Crippen molar-refractivity contribution in [2.75, 3.05) is 0 Å². The summed E-state index contributed by atoms with van der Waals surface area (Å²) in [5, 5.41) is 3.68. The van der Waals surface area contributed by atoms with Crippen LogP contribution in [0.25, 0.3) is 10.4 Å². The molecule has 16 heavy (non-hydrogen) atoms. The molecule has 1 aliphatic rings. The van der Waals surface area contributed by atoms with Crippen molar-refractivity contribution in [3.63, 3.8) is 0 Å². The van der Waals surface area contributed by atoms with E-state index in [9.17, 15) is 4.79 Å². The fourth-order valence-corrected chi connectivity index (χ4v) is 1.89. The zero-order valence-electron chi connectivity index (χ0n) is 10.1. The maximum atomic E-state index is 11.8. The summed E-state index contributed by atoms with van der Waals surface area (Å²) in [7, 11) is 0. The van der Waals surface area contributed by atoms with Gasteiger partial charge in [0.2, 0.25) is 0 Å². The van der Waals surface area contributed by atoms with Crippen molar-refractivity contribution in [3.8, 4) is 0 Å². The Balaban J connectivity index is 2.42. The Bertz CT molecular complexity index is 295. The van der Waals surface area contributed by atoms with Gasteiger partial charge in [-0.25, -0.2) is 0 Å². The first-order valence-electron chi connectivity index (χ1n) is 5.69. The molecule has 0 atom stereocenters. The Labute approximate surface area is 95.8 Å². The van der Waals surface area contributed by atoms with Crippen LogP contribution in [-0.4, -0.2) is 17.6 Å². The monoisotopic (exact) mass is 225 g/mol. The van der Waals surface area contributed by atoms with Crippen LogP contribution in [0.15, 0.2) is 5.11 Å². The topological polar surface area (TPSA) is 75.1 Å². The third kappa shape index (κ3) is 4.11. The van der Waals surface area contributed by atoms with E-state index in [2.05, 4.69) is 10.0 Å². The molecule has 0 aromatic heterocycles. The van der Waals surface area contributed by atoms with Gasteiger partial charge in [0.25, 0.3) is 0 Å². The molecule has 0 aromatic rings. The number of azide groups is 1. The van der Waals surface area contributed by atoms with Crippen LogP contribution < -0.4 is 0 Å². The number of rotatable bonds is 2. The second-order valence-electron chi connectivity index (χ2n) is 5.24. The highest BCUT2D eigenvalue weighted by atomic mass is 16.6. The Hall–Kier alpha value is -1.22. The zero-order chi connectivity index (χ0) is 12.2. The SMILES string of the molecule is CC(C)(C)OC(=O)C1CCC(N=[N+]=[N-])CC1. The molecular weight excluding hydrogens is 206 g/mol. The molecule has 0 saturated heterocycles. The van der Waals surface area contributed by atoms with Crippen LogP contribution in [0, 0.1) is 5.92 Å². The van der Waals surface area contributed by atoms with Gasteiger partial charge in [0.1, 0.15) is 5.60 Å². The van der Waals surface area contributed by atoms with Crippen molar-refractivity contribution in [1.82, 2.24) is 0 Å². The average Bonchev–Trinajstić information content (AvgIpc) is 2.16. The minimum absolute atomic E-state index is 0.0237. The van der Waals surface area contributed by atoms with Gasteiger partial charge in [0.15, 0.2) is 0 Å². The van der Waals surface area contributed by atoms with Crippen molar-refractivity contribution in [3.05, 3.63) is 10.4 Å². The third-order valence-corrected chi connectivity index (χ3v) is 2.65. The van der Waals surface area contributed by atoms with E-state index in [0.717, 1.165) is 25.7 Å². The second-order valence-corrected chi connectivity index (χ2v) is 5.24. The first-order valence-corrected chi connectivity index (χ1v) is 5.69. The van der Waals surface area contributed by atoms with E-state index in [1.54, 1.807) is 0 Å². The summed E-state index contributed by atoms with van der Waals surface area (Å²) >= 11 is 0. The molecule has 0 radical (unpaired) electrons. The number of esters is 1. The lowest BCUT2D eigenvalue weighted by Crippen LogP contribution is -2.31. The highest BCUT2D eigenvalue weighted by Crippen LogP contribution is 2.28. The van der Waals surface area contributed by atoms with E-state index in [0.29, 0.717) is 0 Å². The van der Waals surface area contributed by atoms with Gasteiger partial charge in [-0.15, -0.1) is 0 Å². The molecule has 1 saturated carbocycles. The molecule has 1 aliphatic carbocycles. The molecule has 0 spiro atoms. The molecule has 0 unspecified atom stereocenters. The van der Waals surface area contributed by atoms with E-state index in [1.807, 2.05) is 20.8 Å². The standard InChI is InChI=1S/C11H19N3O2/c1-11(2,3)16-10(15)8-4-6-9(7-5-8)13-14-12/h8-9H,4-7H2,1-3H3. The van der Waals surface area contributed by atoms with Crippen LogP contribution in [0.1, 0.15) is 46.5 Å². The molecule has 0 aromatic carbocycles. The van der Waals surface area contributed by atoms with E-state index in [1.165, 1.54) is 0 Å². The molecule has 5 heteroatoms. The van der Waals surface area contributed by atoms with E-state index < -0.39 is 5.60 Å². The van der Waals surface area contributed by atoms with Gasteiger partial charge < -0.3 is 4.74 Å². The summed E-state index contributed by atoms with van der Waals surface area (Å²) < 4.78 is 5.33. The lowest BCUT2D eigenvalue weighted by Gasteiger charge is -2.28. The van der Waals surface area contributed by atoms with Crippen molar-refractivity contribution >= 4 is 5.97 Å². The van der Waals surface area contributed by atoms with Crippen LogP contribution in [0.5, 0.6) is 0 Å². The minimum Gasteiger partial charge on any atom is -0.460 e. The number of nitrogens with zero attached hydrogens (tertiary/aromatic N) is 3. The van der Waals surface area contributed by atoms with Crippen molar-refractivity contribution in [2.45, 2.75) is 58.1 Å². The predicted octanol–water partition coefficient (Wildman–Crippen LogP) is 3.20. The van der Waals surface area contributed by atoms with E-state index in [4.69, 9.17) is 10.3 Å². The van der Waals surface area contributed by atoms with Gasteiger partial charge in [0.05, 0.1) is 5.92 Å². The Morgan fingerprint density at radius 2 is 1.88 bits per heavy atom. The Morgan fingerprint density at radius 3 is 2.31 bits per heavy atom. The van der Waals surface area contributed by atoms with Crippen LogP contribution in [0.3, 0.4) is 0 Å². The number of hydrogen-bond donors (Lipinski definition) is 0. The molecule has 0 aliphatic heterocycles. The van der Waals surface area contributed by atoms with Crippen molar-refractivity contribution in [1.29, 1.82) is 0 Å². The van der Waals surface area contributed by atoms with E-state index in [-0.39, 0.29) is 17.9 Å². The molecule has 90 valence electrons. The maximum Gasteiger partial charge on any atom is 0.309 e. The number of hydrogen-bond acceptors (Lipinski definition) is 3.